The Hall–Kier alpha value is -1.05. The second kappa shape index (κ2) is 4.79. The first-order chi connectivity index (χ1) is 4.66. The molecule has 1 N–H and O–H groups in total. The minimum atomic E-state index is -0.0644. The van der Waals surface area contributed by atoms with Gasteiger partial charge in [-0.15, -0.1) is 0 Å². The van der Waals surface area contributed by atoms with Crippen LogP contribution in [0.5, 0.6) is 0 Å². The van der Waals surface area contributed by atoms with Crippen LogP contribution in [0.15, 0.2) is 24.3 Å². The molecule has 0 saturated carbocycles. The number of carbonyl (C=O) groups excluding carboxylic acids is 1. The highest BCUT2D eigenvalue weighted by Gasteiger charge is 1.88. The van der Waals surface area contributed by atoms with Gasteiger partial charge in [0.25, 0.3) is 0 Å². The van der Waals surface area contributed by atoms with E-state index in [4.69, 9.17) is 0 Å². The summed E-state index contributed by atoms with van der Waals surface area (Å²) in [7, 11) is 0. The highest BCUT2D eigenvalue weighted by atomic mass is 16.1. The van der Waals surface area contributed by atoms with E-state index in [0.717, 1.165) is 5.57 Å². The lowest BCUT2D eigenvalue weighted by atomic mass is 10.3. The van der Waals surface area contributed by atoms with Crippen LogP contribution in [0.3, 0.4) is 0 Å². The van der Waals surface area contributed by atoms with Crippen molar-refractivity contribution in [3.63, 3.8) is 0 Å². The van der Waals surface area contributed by atoms with Crippen LogP contribution >= 0.6 is 0 Å². The summed E-state index contributed by atoms with van der Waals surface area (Å²) >= 11 is 0. The third-order valence-electron chi connectivity index (χ3n) is 0.870. The molecule has 0 fully saturated rings. The van der Waals surface area contributed by atoms with Gasteiger partial charge in [-0.1, -0.05) is 18.2 Å². The van der Waals surface area contributed by atoms with E-state index in [1.807, 2.05) is 13.8 Å². The number of rotatable bonds is 3. The van der Waals surface area contributed by atoms with Crippen LogP contribution in [-0.4, -0.2) is 12.5 Å². The van der Waals surface area contributed by atoms with E-state index in [1.54, 1.807) is 6.08 Å². The quantitative estimate of drug-likeness (QED) is 0.463. The lowest BCUT2D eigenvalue weighted by molar-refractivity contribution is -0.116. The topological polar surface area (TPSA) is 29.1 Å². The molecule has 2 nitrogen and oxygen atoms in total. The summed E-state index contributed by atoms with van der Waals surface area (Å²) in [5, 5.41) is 2.63. The molecule has 10 heavy (non-hydrogen) atoms. The van der Waals surface area contributed by atoms with Gasteiger partial charge < -0.3 is 5.32 Å². The Balaban J connectivity index is 3.67. The van der Waals surface area contributed by atoms with Crippen molar-refractivity contribution in [1.82, 2.24) is 5.32 Å². The number of allylic oxidation sites excluding steroid dienone is 2. The summed E-state index contributed by atoms with van der Waals surface area (Å²) < 4.78 is 0. The molecule has 0 aromatic carbocycles. The molecular weight excluding hydrogens is 126 g/mol. The lowest BCUT2D eigenvalue weighted by Crippen LogP contribution is -2.19. The number of hydrogen-bond donors (Lipinski definition) is 1. The fraction of sp³-hybridized carbons (Fsp3) is 0.375. The molecular formula is C8H13NO. The van der Waals surface area contributed by atoms with Crippen molar-refractivity contribution in [1.29, 1.82) is 0 Å². The molecule has 0 aliphatic rings. The molecule has 0 heterocycles. The molecule has 0 saturated heterocycles. The number of carbonyl (C=O) groups is 1. The molecule has 0 aliphatic heterocycles. The van der Waals surface area contributed by atoms with Gasteiger partial charge in [0.2, 0.25) is 5.91 Å². The summed E-state index contributed by atoms with van der Waals surface area (Å²) in [5.74, 6) is -0.0644. The second-order valence-electron chi connectivity index (χ2n) is 2.07. The van der Waals surface area contributed by atoms with E-state index >= 15 is 0 Å². The van der Waals surface area contributed by atoms with Gasteiger partial charge in [0.05, 0.1) is 0 Å². The fourth-order valence-electron chi connectivity index (χ4n) is 0.451. The molecule has 0 bridgehead atoms. The summed E-state index contributed by atoms with van der Waals surface area (Å²) in [5.41, 5.74) is 0.881. The van der Waals surface area contributed by atoms with E-state index < -0.39 is 0 Å². The molecule has 0 rings (SSSR count). The Morgan fingerprint density at radius 2 is 2.20 bits per heavy atom. The SMILES string of the molecule is C=C(C)/C=C/C(=O)NCC. The molecule has 0 aromatic heterocycles. The van der Waals surface area contributed by atoms with Crippen LogP contribution in [0.4, 0.5) is 0 Å². The zero-order valence-electron chi connectivity index (χ0n) is 6.48. The van der Waals surface area contributed by atoms with Crippen molar-refractivity contribution >= 4 is 5.91 Å². The zero-order chi connectivity index (χ0) is 7.98. The highest BCUT2D eigenvalue weighted by molar-refractivity contribution is 5.87. The third-order valence-corrected chi connectivity index (χ3v) is 0.870. The van der Waals surface area contributed by atoms with Gasteiger partial charge >= 0.3 is 0 Å². The van der Waals surface area contributed by atoms with Crippen LogP contribution < -0.4 is 5.32 Å². The Morgan fingerprint density at radius 1 is 1.60 bits per heavy atom. The molecule has 0 atom stereocenters. The van der Waals surface area contributed by atoms with Gasteiger partial charge in [-0.25, -0.2) is 0 Å². The maximum Gasteiger partial charge on any atom is 0.243 e. The smallest absolute Gasteiger partial charge is 0.243 e. The molecule has 0 aliphatic carbocycles. The van der Waals surface area contributed by atoms with Gasteiger partial charge in [0.1, 0.15) is 0 Å². The molecule has 56 valence electrons. The van der Waals surface area contributed by atoms with Crippen molar-refractivity contribution in [2.24, 2.45) is 0 Å². The summed E-state index contributed by atoms with van der Waals surface area (Å²) in [4.78, 5) is 10.7. The van der Waals surface area contributed by atoms with Crippen molar-refractivity contribution in [3.05, 3.63) is 24.3 Å². The Bertz CT molecular complexity index is 159. The lowest BCUT2D eigenvalue weighted by Gasteiger charge is -1.93. The van der Waals surface area contributed by atoms with Gasteiger partial charge in [-0.05, 0) is 13.8 Å². The summed E-state index contributed by atoms with van der Waals surface area (Å²) in [6.07, 6.45) is 3.16. The van der Waals surface area contributed by atoms with E-state index in [2.05, 4.69) is 11.9 Å². The zero-order valence-corrected chi connectivity index (χ0v) is 6.48. The minimum absolute atomic E-state index is 0.0644. The summed E-state index contributed by atoms with van der Waals surface area (Å²) in [6, 6.07) is 0. The van der Waals surface area contributed by atoms with E-state index in [9.17, 15) is 4.79 Å². The minimum Gasteiger partial charge on any atom is -0.353 e. The highest BCUT2D eigenvalue weighted by Crippen LogP contribution is 1.87. The Morgan fingerprint density at radius 3 is 2.60 bits per heavy atom. The first-order valence-corrected chi connectivity index (χ1v) is 3.28. The average molecular weight is 139 g/mol. The predicted molar refractivity (Wildman–Crippen MR) is 42.6 cm³/mol. The molecule has 1 amide bonds. The van der Waals surface area contributed by atoms with Crippen LogP contribution in [0.2, 0.25) is 0 Å². The third kappa shape index (κ3) is 5.09. The molecule has 0 aromatic rings. The largest absolute Gasteiger partial charge is 0.353 e. The number of nitrogens with one attached hydrogen (secondary N) is 1. The fourth-order valence-corrected chi connectivity index (χ4v) is 0.451. The Kier molecular flexibility index (Phi) is 4.29. The average Bonchev–Trinajstić information content (AvgIpc) is 1.85. The number of amides is 1. The van der Waals surface area contributed by atoms with Crippen molar-refractivity contribution < 1.29 is 4.79 Å². The van der Waals surface area contributed by atoms with E-state index in [1.165, 1.54) is 6.08 Å². The van der Waals surface area contributed by atoms with E-state index in [0.29, 0.717) is 6.54 Å². The van der Waals surface area contributed by atoms with Gasteiger partial charge in [0, 0.05) is 12.6 Å². The summed E-state index contributed by atoms with van der Waals surface area (Å²) in [6.45, 7) is 8.01. The first-order valence-electron chi connectivity index (χ1n) is 3.28. The predicted octanol–water partition coefficient (Wildman–Crippen LogP) is 1.25. The molecule has 0 unspecified atom stereocenters. The van der Waals surface area contributed by atoms with Crippen LogP contribution in [0.1, 0.15) is 13.8 Å². The van der Waals surface area contributed by atoms with Crippen LogP contribution in [0, 0.1) is 0 Å². The molecule has 2 heteroatoms. The standard InChI is InChI=1S/C8H13NO/c1-4-9-8(10)6-5-7(2)3/h5-6H,2,4H2,1,3H3,(H,9,10)/b6-5+. The van der Waals surface area contributed by atoms with Gasteiger partial charge in [0.15, 0.2) is 0 Å². The number of likely N-dealkylation sites (N-methyl/N-ethyl adjacent to an activating group) is 1. The monoisotopic (exact) mass is 139 g/mol. The van der Waals surface area contributed by atoms with Gasteiger partial charge in [-0.2, -0.15) is 0 Å². The normalized spacial score (nSPS) is 9.80. The van der Waals surface area contributed by atoms with Gasteiger partial charge in [-0.3, -0.25) is 4.79 Å². The number of hydrogen-bond acceptors (Lipinski definition) is 1. The van der Waals surface area contributed by atoms with Crippen molar-refractivity contribution in [3.8, 4) is 0 Å². The first kappa shape index (κ1) is 8.95. The molecule has 0 spiro atoms. The van der Waals surface area contributed by atoms with E-state index in [-0.39, 0.29) is 5.91 Å². The van der Waals surface area contributed by atoms with Crippen LogP contribution in [-0.2, 0) is 4.79 Å². The maximum atomic E-state index is 10.7. The molecule has 0 radical (unpaired) electrons. The Labute approximate surface area is 61.6 Å². The maximum absolute atomic E-state index is 10.7. The van der Waals surface area contributed by atoms with Crippen molar-refractivity contribution in [2.75, 3.05) is 6.54 Å². The second-order valence-corrected chi connectivity index (χ2v) is 2.07. The van der Waals surface area contributed by atoms with Crippen LogP contribution in [0.25, 0.3) is 0 Å². The van der Waals surface area contributed by atoms with Crippen molar-refractivity contribution in [2.45, 2.75) is 13.8 Å².